The van der Waals surface area contributed by atoms with Gasteiger partial charge in [0.2, 0.25) is 0 Å². The first-order valence-electron chi connectivity index (χ1n) is 6.13. The predicted octanol–water partition coefficient (Wildman–Crippen LogP) is 2.91. The molecule has 0 spiro atoms. The fourth-order valence-corrected chi connectivity index (χ4v) is 2.94. The van der Waals surface area contributed by atoms with Crippen molar-refractivity contribution in [2.45, 2.75) is 45.1 Å². The van der Waals surface area contributed by atoms with E-state index in [0.717, 1.165) is 30.0 Å². The second-order valence-corrected chi connectivity index (χ2v) is 5.38. The molecule has 0 radical (unpaired) electrons. The summed E-state index contributed by atoms with van der Waals surface area (Å²) in [4.78, 5) is 0. The second kappa shape index (κ2) is 8.07. The number of rotatable bonds is 6. The lowest BCUT2D eigenvalue weighted by molar-refractivity contribution is 0.260. The molecular formula is C13H23NS. The maximum absolute atomic E-state index is 5.21. The van der Waals surface area contributed by atoms with Crippen molar-refractivity contribution < 1.29 is 0 Å². The molecule has 0 saturated heterocycles. The molecule has 0 aliphatic heterocycles. The Bertz CT molecular complexity index is 197. The third-order valence-electron chi connectivity index (χ3n) is 3.27. The van der Waals surface area contributed by atoms with Crippen molar-refractivity contribution in [3.05, 3.63) is 0 Å². The highest BCUT2D eigenvalue weighted by Crippen LogP contribution is 2.26. The van der Waals surface area contributed by atoms with Gasteiger partial charge < -0.3 is 5.32 Å². The predicted molar refractivity (Wildman–Crippen MR) is 70.2 cm³/mol. The first-order valence-corrected chi connectivity index (χ1v) is 7.28. The van der Waals surface area contributed by atoms with E-state index in [2.05, 4.69) is 18.2 Å². The van der Waals surface area contributed by atoms with E-state index in [4.69, 9.17) is 6.42 Å². The molecule has 0 bridgehead atoms. The van der Waals surface area contributed by atoms with Crippen LogP contribution in [0.4, 0.5) is 0 Å². The molecule has 2 unspecified atom stereocenters. The lowest BCUT2D eigenvalue weighted by Gasteiger charge is -2.31. The first-order chi connectivity index (χ1) is 7.38. The third kappa shape index (κ3) is 4.95. The Kier molecular flexibility index (Phi) is 6.96. The molecule has 0 amide bonds. The smallest absolute Gasteiger partial charge is 0.0545 e. The van der Waals surface area contributed by atoms with Crippen LogP contribution in [0.1, 0.15) is 39.0 Å². The van der Waals surface area contributed by atoms with E-state index >= 15 is 0 Å². The standard InChI is InChI=1S/C13H23NS/c1-3-10-15-11-9-14-13-8-6-5-7-12(13)4-2/h1,12-14H,4-11H2,2H3. The summed E-state index contributed by atoms with van der Waals surface area (Å²) in [7, 11) is 0. The van der Waals surface area contributed by atoms with E-state index in [0.29, 0.717) is 0 Å². The first kappa shape index (κ1) is 12.9. The Balaban J connectivity index is 2.10. The van der Waals surface area contributed by atoms with Crippen molar-refractivity contribution in [3.8, 4) is 12.3 Å². The van der Waals surface area contributed by atoms with Gasteiger partial charge in [0.15, 0.2) is 0 Å². The number of hydrogen-bond donors (Lipinski definition) is 1. The average molecular weight is 225 g/mol. The summed E-state index contributed by atoms with van der Waals surface area (Å²) in [6.07, 6.45) is 12.2. The molecule has 1 N–H and O–H groups in total. The Hall–Kier alpha value is -0.130. The molecule has 1 rings (SSSR count). The Morgan fingerprint density at radius 2 is 2.20 bits per heavy atom. The largest absolute Gasteiger partial charge is 0.313 e. The monoisotopic (exact) mass is 225 g/mol. The molecule has 0 aromatic heterocycles. The summed E-state index contributed by atoms with van der Waals surface area (Å²) in [5.41, 5.74) is 0. The van der Waals surface area contributed by atoms with Crippen LogP contribution in [0.25, 0.3) is 0 Å². The summed E-state index contributed by atoms with van der Waals surface area (Å²) < 4.78 is 0. The maximum atomic E-state index is 5.21. The number of terminal acetylenes is 1. The number of thioether (sulfide) groups is 1. The molecule has 0 heterocycles. The van der Waals surface area contributed by atoms with Gasteiger partial charge in [0, 0.05) is 18.3 Å². The Morgan fingerprint density at radius 3 is 2.93 bits per heavy atom. The minimum Gasteiger partial charge on any atom is -0.313 e. The number of nitrogens with one attached hydrogen (secondary N) is 1. The van der Waals surface area contributed by atoms with Crippen molar-refractivity contribution in [1.82, 2.24) is 5.32 Å². The van der Waals surface area contributed by atoms with Crippen molar-refractivity contribution >= 4 is 11.8 Å². The molecule has 2 heteroatoms. The van der Waals surface area contributed by atoms with Gasteiger partial charge in [-0.2, -0.15) is 0 Å². The van der Waals surface area contributed by atoms with Crippen molar-refractivity contribution in [2.24, 2.45) is 5.92 Å². The van der Waals surface area contributed by atoms with E-state index in [1.54, 1.807) is 0 Å². The fourth-order valence-electron chi connectivity index (χ4n) is 2.41. The van der Waals surface area contributed by atoms with Crippen LogP contribution in [0.5, 0.6) is 0 Å². The molecule has 1 fully saturated rings. The highest BCUT2D eigenvalue weighted by Gasteiger charge is 2.22. The maximum Gasteiger partial charge on any atom is 0.0545 e. The van der Waals surface area contributed by atoms with E-state index in [9.17, 15) is 0 Å². The van der Waals surface area contributed by atoms with Crippen LogP contribution < -0.4 is 5.32 Å². The minimum atomic E-state index is 0.773. The summed E-state index contributed by atoms with van der Waals surface area (Å²) in [6.45, 7) is 3.44. The van der Waals surface area contributed by atoms with Crippen LogP contribution in [-0.4, -0.2) is 24.1 Å². The molecule has 0 aromatic carbocycles. The lowest BCUT2D eigenvalue weighted by atomic mass is 9.83. The van der Waals surface area contributed by atoms with Crippen molar-refractivity contribution in [2.75, 3.05) is 18.1 Å². The summed E-state index contributed by atoms with van der Waals surface area (Å²) in [6, 6.07) is 0.773. The van der Waals surface area contributed by atoms with Gasteiger partial charge in [-0.25, -0.2) is 0 Å². The number of hydrogen-bond acceptors (Lipinski definition) is 2. The van der Waals surface area contributed by atoms with Gasteiger partial charge in [-0.15, -0.1) is 18.2 Å². The van der Waals surface area contributed by atoms with Crippen LogP contribution in [-0.2, 0) is 0 Å². The Labute approximate surface area is 98.8 Å². The van der Waals surface area contributed by atoms with E-state index in [-0.39, 0.29) is 0 Å². The van der Waals surface area contributed by atoms with Gasteiger partial charge in [-0.05, 0) is 18.8 Å². The van der Waals surface area contributed by atoms with Crippen LogP contribution in [0.15, 0.2) is 0 Å². The molecule has 1 saturated carbocycles. The zero-order chi connectivity index (χ0) is 10.9. The van der Waals surface area contributed by atoms with Crippen molar-refractivity contribution in [1.29, 1.82) is 0 Å². The minimum absolute atomic E-state index is 0.773. The van der Waals surface area contributed by atoms with Crippen LogP contribution >= 0.6 is 11.8 Å². The molecule has 1 aliphatic carbocycles. The molecule has 0 aromatic rings. The molecule has 1 nitrogen and oxygen atoms in total. The Morgan fingerprint density at radius 1 is 1.40 bits per heavy atom. The summed E-state index contributed by atoms with van der Waals surface area (Å²) >= 11 is 1.85. The van der Waals surface area contributed by atoms with Crippen molar-refractivity contribution in [3.63, 3.8) is 0 Å². The normalized spacial score (nSPS) is 26.1. The lowest BCUT2D eigenvalue weighted by Crippen LogP contribution is -2.39. The highest BCUT2D eigenvalue weighted by atomic mass is 32.2. The molecule has 2 atom stereocenters. The average Bonchev–Trinajstić information content (AvgIpc) is 2.29. The zero-order valence-electron chi connectivity index (χ0n) is 9.80. The van der Waals surface area contributed by atoms with Gasteiger partial charge in [-0.1, -0.05) is 32.1 Å². The SMILES string of the molecule is C#CCSCCNC1CCCCC1CC. The third-order valence-corrected chi connectivity index (χ3v) is 4.14. The van der Waals surface area contributed by atoms with Crippen LogP contribution in [0.2, 0.25) is 0 Å². The second-order valence-electron chi connectivity index (χ2n) is 4.27. The highest BCUT2D eigenvalue weighted by molar-refractivity contribution is 7.99. The van der Waals surface area contributed by atoms with E-state index in [1.807, 2.05) is 11.8 Å². The topological polar surface area (TPSA) is 12.0 Å². The van der Waals surface area contributed by atoms with Gasteiger partial charge in [0.05, 0.1) is 5.75 Å². The van der Waals surface area contributed by atoms with Gasteiger partial charge in [0.1, 0.15) is 0 Å². The molecule has 15 heavy (non-hydrogen) atoms. The quantitative estimate of drug-likeness (QED) is 0.551. The summed E-state index contributed by atoms with van der Waals surface area (Å²) in [5, 5.41) is 3.69. The zero-order valence-corrected chi connectivity index (χ0v) is 10.6. The van der Waals surface area contributed by atoms with E-state index in [1.165, 1.54) is 32.1 Å². The van der Waals surface area contributed by atoms with Gasteiger partial charge in [0.25, 0.3) is 0 Å². The van der Waals surface area contributed by atoms with Gasteiger partial charge >= 0.3 is 0 Å². The van der Waals surface area contributed by atoms with Crippen LogP contribution in [0.3, 0.4) is 0 Å². The summed E-state index contributed by atoms with van der Waals surface area (Å²) in [5.74, 6) is 5.58. The fraction of sp³-hybridized carbons (Fsp3) is 0.846. The molecule has 86 valence electrons. The molecular weight excluding hydrogens is 202 g/mol. The van der Waals surface area contributed by atoms with Gasteiger partial charge in [-0.3, -0.25) is 0 Å². The van der Waals surface area contributed by atoms with E-state index < -0.39 is 0 Å². The molecule has 1 aliphatic rings. The van der Waals surface area contributed by atoms with Crippen LogP contribution in [0, 0.1) is 18.3 Å².